The highest BCUT2D eigenvalue weighted by molar-refractivity contribution is 5.53. The van der Waals surface area contributed by atoms with Gasteiger partial charge in [0.25, 0.3) is 0 Å². The molecule has 2 aliphatic rings. The molecule has 1 aliphatic heterocycles. The molecule has 60 valence electrons. The van der Waals surface area contributed by atoms with E-state index < -0.39 is 11.6 Å². The molecule has 11 heavy (non-hydrogen) atoms. The quantitative estimate of drug-likeness (QED) is 0.572. The molecule has 2 rings (SSSR count). The standard InChI is InChI=1S/C7H6F3N/c1-4-2-6(7(8,9)10)3-5(6)11-4/h2-3,11H,1H3. The molecule has 0 amide bonds. The largest absolute Gasteiger partial charge is 0.406 e. The molecule has 0 radical (unpaired) electrons. The fourth-order valence-corrected chi connectivity index (χ4v) is 1.36. The topological polar surface area (TPSA) is 12.0 Å². The highest BCUT2D eigenvalue weighted by Crippen LogP contribution is 2.59. The maximum atomic E-state index is 12.2. The van der Waals surface area contributed by atoms with Gasteiger partial charge in [0.1, 0.15) is 5.41 Å². The van der Waals surface area contributed by atoms with Crippen LogP contribution in [-0.4, -0.2) is 6.18 Å². The van der Waals surface area contributed by atoms with Crippen LogP contribution in [0.15, 0.2) is 23.5 Å². The molecule has 1 aliphatic carbocycles. The normalized spacial score (nSPS) is 33.8. The summed E-state index contributed by atoms with van der Waals surface area (Å²) in [6, 6.07) is 0. The fraction of sp³-hybridized carbons (Fsp3) is 0.429. The highest BCUT2D eigenvalue weighted by Gasteiger charge is 2.65. The first kappa shape index (κ1) is 6.76. The van der Waals surface area contributed by atoms with E-state index >= 15 is 0 Å². The summed E-state index contributed by atoms with van der Waals surface area (Å²) in [5.74, 6) is 0. The van der Waals surface area contributed by atoms with E-state index in [1.165, 1.54) is 12.2 Å². The van der Waals surface area contributed by atoms with Crippen molar-refractivity contribution >= 4 is 0 Å². The zero-order valence-electron chi connectivity index (χ0n) is 5.79. The lowest BCUT2D eigenvalue weighted by Gasteiger charge is -2.13. The smallest absolute Gasteiger partial charge is 0.362 e. The van der Waals surface area contributed by atoms with Gasteiger partial charge < -0.3 is 5.32 Å². The zero-order chi connectivity index (χ0) is 8.28. The molecular formula is C7H6F3N. The van der Waals surface area contributed by atoms with Crippen molar-refractivity contribution in [3.8, 4) is 0 Å². The Morgan fingerprint density at radius 3 is 2.27 bits per heavy atom. The number of halogens is 3. The van der Waals surface area contributed by atoms with Crippen molar-refractivity contribution in [2.24, 2.45) is 5.41 Å². The summed E-state index contributed by atoms with van der Waals surface area (Å²) in [4.78, 5) is 0. The van der Waals surface area contributed by atoms with Crippen molar-refractivity contribution in [2.45, 2.75) is 13.1 Å². The van der Waals surface area contributed by atoms with Crippen molar-refractivity contribution in [1.82, 2.24) is 5.32 Å². The van der Waals surface area contributed by atoms with Crippen LogP contribution in [0, 0.1) is 5.41 Å². The summed E-state index contributed by atoms with van der Waals surface area (Å²) in [7, 11) is 0. The fourth-order valence-electron chi connectivity index (χ4n) is 1.36. The third-order valence-corrected chi connectivity index (χ3v) is 1.98. The van der Waals surface area contributed by atoms with Crippen LogP contribution in [0.4, 0.5) is 13.2 Å². The Morgan fingerprint density at radius 1 is 1.36 bits per heavy atom. The van der Waals surface area contributed by atoms with E-state index in [1.54, 1.807) is 6.92 Å². The molecule has 1 atom stereocenters. The van der Waals surface area contributed by atoms with E-state index in [1.807, 2.05) is 0 Å². The maximum Gasteiger partial charge on any atom is 0.406 e. The summed E-state index contributed by atoms with van der Waals surface area (Å²) in [6.07, 6.45) is -1.75. The molecule has 1 N–H and O–H groups in total. The van der Waals surface area contributed by atoms with E-state index in [0.29, 0.717) is 5.70 Å². The van der Waals surface area contributed by atoms with Crippen LogP contribution >= 0.6 is 0 Å². The molecule has 0 fully saturated rings. The van der Waals surface area contributed by atoms with Crippen molar-refractivity contribution < 1.29 is 13.2 Å². The van der Waals surface area contributed by atoms with E-state index in [0.717, 1.165) is 0 Å². The molecule has 0 aromatic carbocycles. The van der Waals surface area contributed by atoms with Gasteiger partial charge in [-0.15, -0.1) is 0 Å². The second-order valence-corrected chi connectivity index (χ2v) is 2.88. The van der Waals surface area contributed by atoms with Crippen LogP contribution in [0.25, 0.3) is 0 Å². The van der Waals surface area contributed by atoms with E-state index in [-0.39, 0.29) is 5.70 Å². The van der Waals surface area contributed by atoms with Gasteiger partial charge in [0, 0.05) is 11.4 Å². The molecule has 1 heterocycles. The van der Waals surface area contributed by atoms with Gasteiger partial charge in [-0.2, -0.15) is 13.2 Å². The molecule has 4 heteroatoms. The van der Waals surface area contributed by atoms with Crippen molar-refractivity contribution in [3.05, 3.63) is 23.5 Å². The van der Waals surface area contributed by atoms with Gasteiger partial charge in [0.15, 0.2) is 0 Å². The Bertz CT molecular complexity index is 274. The van der Waals surface area contributed by atoms with E-state index in [4.69, 9.17) is 0 Å². The lowest BCUT2D eigenvalue weighted by molar-refractivity contribution is -0.164. The lowest BCUT2D eigenvalue weighted by atomic mass is 10.0. The Kier molecular flexibility index (Phi) is 0.901. The molecule has 1 nitrogen and oxygen atoms in total. The van der Waals surface area contributed by atoms with Gasteiger partial charge >= 0.3 is 6.18 Å². The summed E-state index contributed by atoms with van der Waals surface area (Å²) in [5.41, 5.74) is -0.848. The molecule has 0 saturated carbocycles. The predicted molar refractivity (Wildman–Crippen MR) is 33.5 cm³/mol. The number of allylic oxidation sites excluding steroid dienone is 3. The number of hydrogen-bond acceptors (Lipinski definition) is 1. The van der Waals surface area contributed by atoms with Gasteiger partial charge in [-0.25, -0.2) is 0 Å². The van der Waals surface area contributed by atoms with Gasteiger partial charge in [-0.1, -0.05) is 0 Å². The molecular weight excluding hydrogens is 155 g/mol. The summed E-state index contributed by atoms with van der Waals surface area (Å²) in [6.45, 7) is 1.63. The molecule has 0 aromatic rings. The SMILES string of the molecule is CC1=CC2(C(F)(F)F)C=C2N1. The Hall–Kier alpha value is -0.930. The van der Waals surface area contributed by atoms with Gasteiger partial charge in [0.2, 0.25) is 0 Å². The third kappa shape index (κ3) is 0.667. The molecule has 0 aromatic heterocycles. The monoisotopic (exact) mass is 161 g/mol. The summed E-state index contributed by atoms with van der Waals surface area (Å²) >= 11 is 0. The number of fused-ring (bicyclic) bond motifs is 1. The lowest BCUT2D eigenvalue weighted by Crippen LogP contribution is -2.25. The Balaban J connectivity index is 2.31. The van der Waals surface area contributed by atoms with Gasteiger partial charge in [-0.05, 0) is 19.1 Å². The van der Waals surface area contributed by atoms with Crippen LogP contribution in [0.1, 0.15) is 6.92 Å². The van der Waals surface area contributed by atoms with Crippen LogP contribution < -0.4 is 5.32 Å². The predicted octanol–water partition coefficient (Wildman–Crippen LogP) is 1.94. The van der Waals surface area contributed by atoms with Gasteiger partial charge in [0.05, 0.1) is 0 Å². The van der Waals surface area contributed by atoms with Crippen molar-refractivity contribution in [1.29, 1.82) is 0 Å². The molecule has 0 saturated heterocycles. The van der Waals surface area contributed by atoms with E-state index in [2.05, 4.69) is 5.32 Å². The molecule has 0 spiro atoms. The van der Waals surface area contributed by atoms with Crippen LogP contribution in [0.2, 0.25) is 0 Å². The van der Waals surface area contributed by atoms with Crippen molar-refractivity contribution in [3.63, 3.8) is 0 Å². The third-order valence-electron chi connectivity index (χ3n) is 1.98. The summed E-state index contributed by atoms with van der Waals surface area (Å²) < 4.78 is 36.7. The Labute approximate surface area is 61.6 Å². The average molecular weight is 161 g/mol. The van der Waals surface area contributed by atoms with Gasteiger partial charge in [-0.3, -0.25) is 0 Å². The first-order chi connectivity index (χ1) is 4.96. The van der Waals surface area contributed by atoms with Crippen LogP contribution in [-0.2, 0) is 0 Å². The number of hydrogen-bond donors (Lipinski definition) is 1. The maximum absolute atomic E-state index is 12.2. The number of alkyl halides is 3. The second-order valence-electron chi connectivity index (χ2n) is 2.88. The second kappa shape index (κ2) is 1.47. The van der Waals surface area contributed by atoms with E-state index in [9.17, 15) is 13.2 Å². The minimum absolute atomic E-state index is 0.280. The van der Waals surface area contributed by atoms with Crippen LogP contribution in [0.3, 0.4) is 0 Å². The number of nitrogens with one attached hydrogen (secondary N) is 1. The Morgan fingerprint density at radius 2 is 2.00 bits per heavy atom. The first-order valence-electron chi connectivity index (χ1n) is 3.22. The molecule has 1 unspecified atom stereocenters. The summed E-state index contributed by atoms with van der Waals surface area (Å²) in [5, 5.41) is 2.64. The minimum Gasteiger partial charge on any atom is -0.362 e. The molecule has 0 bridgehead atoms. The first-order valence-corrected chi connectivity index (χ1v) is 3.22. The number of dihydropyridines is 1. The van der Waals surface area contributed by atoms with Crippen LogP contribution in [0.5, 0.6) is 0 Å². The van der Waals surface area contributed by atoms with Crippen molar-refractivity contribution in [2.75, 3.05) is 0 Å². The average Bonchev–Trinajstić information content (AvgIpc) is 2.35. The minimum atomic E-state index is -4.16. The highest BCUT2D eigenvalue weighted by atomic mass is 19.4. The number of rotatable bonds is 0. The zero-order valence-corrected chi connectivity index (χ0v) is 5.79.